The predicted molar refractivity (Wildman–Crippen MR) is 81.7 cm³/mol. The molecule has 1 amide bonds. The molecule has 4 heteroatoms. The number of benzene rings is 2. The molecule has 0 aliphatic heterocycles. The Kier molecular flexibility index (Phi) is 3.14. The van der Waals surface area contributed by atoms with E-state index in [1.54, 1.807) is 18.2 Å². The molecule has 0 spiro atoms. The Morgan fingerprint density at radius 1 is 1.10 bits per heavy atom. The van der Waals surface area contributed by atoms with Gasteiger partial charge in [-0.05, 0) is 55.3 Å². The lowest BCUT2D eigenvalue weighted by atomic mass is 10.2. The molecule has 1 heterocycles. The summed E-state index contributed by atoms with van der Waals surface area (Å²) >= 11 is 0. The summed E-state index contributed by atoms with van der Waals surface area (Å²) < 4.78 is 5.59. The van der Waals surface area contributed by atoms with E-state index in [0.29, 0.717) is 11.3 Å². The Morgan fingerprint density at radius 3 is 2.67 bits per heavy atom. The van der Waals surface area contributed by atoms with Crippen LogP contribution in [0.5, 0.6) is 5.75 Å². The molecule has 0 atom stereocenters. The van der Waals surface area contributed by atoms with Crippen molar-refractivity contribution in [1.29, 1.82) is 0 Å². The monoisotopic (exact) mass is 281 g/mol. The lowest BCUT2D eigenvalue weighted by Crippen LogP contribution is -2.11. The highest BCUT2D eigenvalue weighted by Crippen LogP contribution is 2.23. The van der Waals surface area contributed by atoms with E-state index in [9.17, 15) is 9.90 Å². The number of carbonyl (C=O) groups is 1. The van der Waals surface area contributed by atoms with Crippen LogP contribution < -0.4 is 5.32 Å². The van der Waals surface area contributed by atoms with Gasteiger partial charge in [-0.25, -0.2) is 0 Å². The second-order valence-corrected chi connectivity index (χ2v) is 5.11. The van der Waals surface area contributed by atoms with Crippen LogP contribution in [0.2, 0.25) is 0 Å². The van der Waals surface area contributed by atoms with Gasteiger partial charge in [-0.15, -0.1) is 0 Å². The van der Waals surface area contributed by atoms with Gasteiger partial charge in [-0.3, -0.25) is 4.79 Å². The molecule has 2 aromatic carbocycles. The number of nitrogens with one attached hydrogen (secondary N) is 1. The van der Waals surface area contributed by atoms with E-state index >= 15 is 0 Å². The number of hydrogen-bond donors (Lipinski definition) is 2. The fraction of sp³-hybridized carbons (Fsp3) is 0.118. The third-order valence-corrected chi connectivity index (χ3v) is 3.36. The molecule has 21 heavy (non-hydrogen) atoms. The van der Waals surface area contributed by atoms with Crippen LogP contribution in [0.4, 0.5) is 5.69 Å². The topological polar surface area (TPSA) is 62.5 Å². The zero-order valence-electron chi connectivity index (χ0n) is 11.8. The van der Waals surface area contributed by atoms with Crippen LogP contribution in [0, 0.1) is 13.8 Å². The highest BCUT2D eigenvalue weighted by molar-refractivity contribution is 6.05. The Morgan fingerprint density at radius 2 is 1.90 bits per heavy atom. The molecule has 0 aliphatic carbocycles. The fourth-order valence-electron chi connectivity index (χ4n) is 2.22. The van der Waals surface area contributed by atoms with Gasteiger partial charge in [0.1, 0.15) is 11.3 Å². The molecule has 3 rings (SSSR count). The highest BCUT2D eigenvalue weighted by Gasteiger charge is 2.13. The van der Waals surface area contributed by atoms with Crippen molar-refractivity contribution >= 4 is 22.6 Å². The van der Waals surface area contributed by atoms with Gasteiger partial charge in [-0.2, -0.15) is 0 Å². The summed E-state index contributed by atoms with van der Waals surface area (Å²) in [7, 11) is 0. The third kappa shape index (κ3) is 2.60. The number of amides is 1. The minimum Gasteiger partial charge on any atom is -0.508 e. The standard InChI is InChI=1S/C17H15NO3/c1-10-3-4-12-9-16(21-15(12)7-10)17(20)18-14-6-5-13(19)8-11(14)2/h3-9,19H,1-2H3,(H,18,20). The molecule has 4 nitrogen and oxygen atoms in total. The number of fused-ring (bicyclic) bond motifs is 1. The molecule has 0 fully saturated rings. The number of phenols is 1. The first-order chi connectivity index (χ1) is 10.0. The van der Waals surface area contributed by atoms with E-state index in [2.05, 4.69) is 5.32 Å². The molecule has 106 valence electrons. The van der Waals surface area contributed by atoms with Gasteiger partial charge in [0.15, 0.2) is 5.76 Å². The minimum atomic E-state index is -0.308. The van der Waals surface area contributed by atoms with Crippen LogP contribution in [0.15, 0.2) is 46.9 Å². The molecule has 1 aromatic heterocycles. The molecule has 0 aliphatic rings. The van der Waals surface area contributed by atoms with Crippen molar-refractivity contribution in [3.05, 3.63) is 59.4 Å². The average molecular weight is 281 g/mol. The summed E-state index contributed by atoms with van der Waals surface area (Å²) in [4.78, 5) is 12.2. The quantitative estimate of drug-likeness (QED) is 0.698. The molecular formula is C17H15NO3. The smallest absolute Gasteiger partial charge is 0.291 e. The van der Waals surface area contributed by atoms with Gasteiger partial charge in [0.05, 0.1) is 0 Å². The van der Waals surface area contributed by atoms with Crippen LogP contribution >= 0.6 is 0 Å². The second kappa shape index (κ2) is 4.98. The number of aromatic hydroxyl groups is 1. The zero-order chi connectivity index (χ0) is 15.0. The van der Waals surface area contributed by atoms with Crippen molar-refractivity contribution in [1.82, 2.24) is 0 Å². The largest absolute Gasteiger partial charge is 0.508 e. The highest BCUT2D eigenvalue weighted by atomic mass is 16.3. The summed E-state index contributed by atoms with van der Waals surface area (Å²) in [5, 5.41) is 13.1. The second-order valence-electron chi connectivity index (χ2n) is 5.11. The first-order valence-electron chi connectivity index (χ1n) is 6.64. The van der Waals surface area contributed by atoms with Crippen LogP contribution in [0.1, 0.15) is 21.7 Å². The van der Waals surface area contributed by atoms with Crippen molar-refractivity contribution in [3.63, 3.8) is 0 Å². The Hall–Kier alpha value is -2.75. The Balaban J connectivity index is 1.89. The summed E-state index contributed by atoms with van der Waals surface area (Å²) in [6.07, 6.45) is 0. The molecule has 0 radical (unpaired) electrons. The van der Waals surface area contributed by atoms with Crippen molar-refractivity contribution in [2.24, 2.45) is 0 Å². The number of phenolic OH excluding ortho intramolecular Hbond substituents is 1. The van der Waals surface area contributed by atoms with Crippen LogP contribution in [0.3, 0.4) is 0 Å². The predicted octanol–water partition coefficient (Wildman–Crippen LogP) is 4.01. The molecule has 2 N–H and O–H groups in total. The average Bonchev–Trinajstić information content (AvgIpc) is 2.85. The van der Waals surface area contributed by atoms with Crippen molar-refractivity contribution < 1.29 is 14.3 Å². The first-order valence-corrected chi connectivity index (χ1v) is 6.64. The van der Waals surface area contributed by atoms with Gasteiger partial charge >= 0.3 is 0 Å². The first kappa shape index (κ1) is 13.2. The van der Waals surface area contributed by atoms with Gasteiger partial charge in [0.2, 0.25) is 0 Å². The minimum absolute atomic E-state index is 0.171. The summed E-state index contributed by atoms with van der Waals surface area (Å²) in [5.74, 6) is 0.130. The van der Waals surface area contributed by atoms with Gasteiger partial charge in [0, 0.05) is 11.1 Å². The van der Waals surface area contributed by atoms with Gasteiger partial charge < -0.3 is 14.8 Å². The fourth-order valence-corrected chi connectivity index (χ4v) is 2.22. The van der Waals surface area contributed by atoms with E-state index < -0.39 is 0 Å². The summed E-state index contributed by atoms with van der Waals surface area (Å²) in [6.45, 7) is 3.79. The van der Waals surface area contributed by atoms with E-state index in [4.69, 9.17) is 4.42 Å². The lowest BCUT2D eigenvalue weighted by molar-refractivity contribution is 0.0998. The number of anilines is 1. The zero-order valence-corrected chi connectivity index (χ0v) is 11.8. The van der Waals surface area contributed by atoms with Gasteiger partial charge in [0.25, 0.3) is 5.91 Å². The molecule has 0 bridgehead atoms. The number of rotatable bonds is 2. The van der Waals surface area contributed by atoms with Crippen molar-refractivity contribution in [2.45, 2.75) is 13.8 Å². The van der Waals surface area contributed by atoms with Gasteiger partial charge in [-0.1, -0.05) is 12.1 Å². The SMILES string of the molecule is Cc1ccc2cc(C(=O)Nc3ccc(O)cc3C)oc2c1. The maximum absolute atomic E-state index is 12.2. The number of furan rings is 1. The van der Waals surface area contributed by atoms with Crippen molar-refractivity contribution in [2.75, 3.05) is 5.32 Å². The molecular weight excluding hydrogens is 266 g/mol. The number of aryl methyl sites for hydroxylation is 2. The van der Waals surface area contributed by atoms with E-state index in [-0.39, 0.29) is 17.4 Å². The molecule has 0 saturated heterocycles. The third-order valence-electron chi connectivity index (χ3n) is 3.36. The lowest BCUT2D eigenvalue weighted by Gasteiger charge is -2.06. The molecule has 3 aromatic rings. The summed E-state index contributed by atoms with van der Waals surface area (Å²) in [5.41, 5.74) is 3.21. The normalized spacial score (nSPS) is 10.8. The molecule has 0 saturated carbocycles. The van der Waals surface area contributed by atoms with E-state index in [1.165, 1.54) is 6.07 Å². The van der Waals surface area contributed by atoms with E-state index in [1.807, 2.05) is 32.0 Å². The van der Waals surface area contributed by atoms with E-state index in [0.717, 1.165) is 16.5 Å². The summed E-state index contributed by atoms with van der Waals surface area (Å²) in [6, 6.07) is 12.3. The Labute approximate surface area is 122 Å². The Bertz CT molecular complexity index is 833. The maximum Gasteiger partial charge on any atom is 0.291 e. The van der Waals surface area contributed by atoms with Crippen LogP contribution in [0.25, 0.3) is 11.0 Å². The van der Waals surface area contributed by atoms with Crippen molar-refractivity contribution in [3.8, 4) is 5.75 Å². The maximum atomic E-state index is 12.2. The van der Waals surface area contributed by atoms with Crippen LogP contribution in [-0.2, 0) is 0 Å². The van der Waals surface area contributed by atoms with Crippen LogP contribution in [-0.4, -0.2) is 11.0 Å². The molecule has 0 unspecified atom stereocenters. The number of carbonyl (C=O) groups excluding carboxylic acids is 1. The number of hydrogen-bond acceptors (Lipinski definition) is 3.